The molecule has 6 N–H and O–H groups in total. The van der Waals surface area contributed by atoms with Crippen LogP contribution in [0.5, 0.6) is 6.01 Å². The number of aliphatic hydroxyl groups excluding tert-OH is 2. The Bertz CT molecular complexity index is 1160. The van der Waals surface area contributed by atoms with Crippen molar-refractivity contribution in [1.82, 2.24) is 19.5 Å². The lowest BCUT2D eigenvalue weighted by atomic mass is 10.1. The Morgan fingerprint density at radius 2 is 1.89 bits per heavy atom. The van der Waals surface area contributed by atoms with E-state index in [0.717, 1.165) is 12.8 Å². The van der Waals surface area contributed by atoms with Gasteiger partial charge in [-0.2, -0.15) is 14.3 Å². The van der Waals surface area contributed by atoms with E-state index >= 15 is 0 Å². The van der Waals surface area contributed by atoms with Gasteiger partial charge in [-0.25, -0.2) is 14.1 Å². The maximum atomic E-state index is 11.9. The summed E-state index contributed by atoms with van der Waals surface area (Å²) in [6.45, 7) is 1.26. The van der Waals surface area contributed by atoms with Gasteiger partial charge in [0.1, 0.15) is 18.3 Å². The van der Waals surface area contributed by atoms with Crippen LogP contribution in [0.3, 0.4) is 0 Å². The standard InChI is InChI=1S/C14H24N5O14P3/c1-2-3-4-29-14-17-11(15)8-12(18-14)19(6-16-8)13-10(21)9(20)7(31-13)5-30-35(25,26)33-36(27,28)32-34(22,23)24/h6-7,9-10,13,20-21H,2-5H2,1H3,(H,25,26)(H,27,28)(H2,15,17,18)(H2,22,23,24)/p-2. The van der Waals surface area contributed by atoms with Gasteiger partial charge < -0.3 is 49.9 Å². The lowest BCUT2D eigenvalue weighted by Crippen LogP contribution is -2.34. The molecule has 0 radical (unpaired) electrons. The van der Waals surface area contributed by atoms with E-state index in [0.29, 0.717) is 6.61 Å². The number of hydrogen-bond donors (Lipinski definition) is 5. The molecule has 204 valence electrons. The Hall–Kier alpha value is -1.40. The van der Waals surface area contributed by atoms with Crippen LogP contribution in [0.4, 0.5) is 5.82 Å². The number of phosphoric ester groups is 1. The van der Waals surface area contributed by atoms with E-state index in [1.165, 1.54) is 10.9 Å². The molecule has 2 aromatic heterocycles. The molecule has 1 fully saturated rings. The molecule has 1 aliphatic heterocycles. The third-order valence-electron chi connectivity index (χ3n) is 4.58. The lowest BCUT2D eigenvalue weighted by Gasteiger charge is -2.37. The van der Waals surface area contributed by atoms with Crippen LogP contribution < -0.4 is 25.2 Å². The second-order valence-corrected chi connectivity index (χ2v) is 11.6. The summed E-state index contributed by atoms with van der Waals surface area (Å²) in [5.41, 5.74) is 6.08. The number of hydrogen-bond acceptors (Lipinski definition) is 16. The Balaban J connectivity index is 1.72. The Labute approximate surface area is 202 Å². The lowest BCUT2D eigenvalue weighted by molar-refractivity contribution is -0.450. The average Bonchev–Trinajstić information content (AvgIpc) is 3.26. The van der Waals surface area contributed by atoms with Gasteiger partial charge in [0.2, 0.25) is 0 Å². The molecule has 36 heavy (non-hydrogen) atoms. The molecular formula is C14H22N5O14P3-2. The molecule has 3 rings (SSSR count). The number of rotatable bonds is 12. The quantitative estimate of drug-likeness (QED) is 0.126. The SMILES string of the molecule is CCCCOc1nc(N)c2ncn(C3OC(COP(=O)(O)OP(=O)(O)O[P+]([O-])([O-])[O-])C(O)C3O)c2n1. The van der Waals surface area contributed by atoms with Crippen molar-refractivity contribution in [3.63, 3.8) is 0 Å². The normalized spacial score (nSPS) is 26.1. The third-order valence-corrected chi connectivity index (χ3v) is 8.33. The van der Waals surface area contributed by atoms with Crippen molar-refractivity contribution in [2.75, 3.05) is 18.9 Å². The first-order valence-corrected chi connectivity index (χ1v) is 14.5. The van der Waals surface area contributed by atoms with Gasteiger partial charge in [-0.1, -0.05) is 13.3 Å². The van der Waals surface area contributed by atoms with Gasteiger partial charge in [0, 0.05) is 8.17 Å². The first kappa shape index (κ1) is 29.2. The number of nitrogens with two attached hydrogens (primary N) is 1. The monoisotopic (exact) mass is 577 g/mol. The van der Waals surface area contributed by atoms with Crippen LogP contribution in [0.1, 0.15) is 26.0 Å². The van der Waals surface area contributed by atoms with Gasteiger partial charge in [-0.3, -0.25) is 9.09 Å². The van der Waals surface area contributed by atoms with Gasteiger partial charge in [-0.15, -0.1) is 4.31 Å². The maximum absolute atomic E-state index is 11.9. The fourth-order valence-corrected chi connectivity index (χ4v) is 6.00. The molecule has 6 atom stereocenters. The zero-order chi connectivity index (χ0) is 26.9. The van der Waals surface area contributed by atoms with Crippen molar-refractivity contribution in [3.05, 3.63) is 6.33 Å². The highest BCUT2D eigenvalue weighted by Crippen LogP contribution is 2.65. The summed E-state index contributed by atoms with van der Waals surface area (Å²) in [5.74, 6) is -0.0344. The van der Waals surface area contributed by atoms with Crippen molar-refractivity contribution in [2.45, 2.75) is 44.3 Å². The number of anilines is 1. The predicted molar refractivity (Wildman–Crippen MR) is 111 cm³/mol. The minimum Gasteiger partial charge on any atom is -0.663 e. The fraction of sp³-hybridized carbons (Fsp3) is 0.643. The number of ether oxygens (including phenoxy) is 2. The molecule has 0 saturated carbocycles. The van der Waals surface area contributed by atoms with Gasteiger partial charge in [0.05, 0.1) is 19.5 Å². The molecule has 3 heterocycles. The second-order valence-electron chi connectivity index (χ2n) is 7.31. The van der Waals surface area contributed by atoms with Crippen molar-refractivity contribution in [1.29, 1.82) is 0 Å². The smallest absolute Gasteiger partial charge is 0.513 e. The van der Waals surface area contributed by atoms with Crippen LogP contribution >= 0.6 is 23.8 Å². The molecule has 0 bridgehead atoms. The highest BCUT2D eigenvalue weighted by atomic mass is 31.3. The van der Waals surface area contributed by atoms with E-state index in [1.54, 1.807) is 0 Å². The Kier molecular flexibility index (Phi) is 9.03. The van der Waals surface area contributed by atoms with Crippen LogP contribution in [-0.4, -0.2) is 71.0 Å². The fourth-order valence-electron chi connectivity index (χ4n) is 3.04. The highest BCUT2D eigenvalue weighted by Gasteiger charge is 2.46. The number of phosphoric acid groups is 3. The summed E-state index contributed by atoms with van der Waals surface area (Å²) >= 11 is 0. The molecular weight excluding hydrogens is 555 g/mol. The Morgan fingerprint density at radius 1 is 1.19 bits per heavy atom. The first-order chi connectivity index (χ1) is 16.6. The zero-order valence-electron chi connectivity index (χ0n) is 18.3. The minimum atomic E-state index is -6.06. The van der Waals surface area contributed by atoms with Crippen molar-refractivity contribution in [3.8, 4) is 6.01 Å². The van der Waals surface area contributed by atoms with Crippen LogP contribution in [-0.2, 0) is 27.0 Å². The molecule has 0 spiro atoms. The number of nitrogen functional groups attached to an aromatic ring is 1. The van der Waals surface area contributed by atoms with Gasteiger partial charge in [0.15, 0.2) is 23.2 Å². The maximum Gasteiger partial charge on any atom is 0.513 e. The van der Waals surface area contributed by atoms with Crippen molar-refractivity contribution in [2.24, 2.45) is 0 Å². The number of imidazole rings is 1. The van der Waals surface area contributed by atoms with E-state index in [4.69, 9.17) is 20.1 Å². The van der Waals surface area contributed by atoms with Crippen LogP contribution in [0.25, 0.3) is 11.2 Å². The van der Waals surface area contributed by atoms with E-state index in [-0.39, 0.29) is 23.0 Å². The summed E-state index contributed by atoms with van der Waals surface area (Å²) in [6.07, 6.45) is -3.51. The molecule has 0 aliphatic carbocycles. The number of fused-ring (bicyclic) bond motifs is 1. The van der Waals surface area contributed by atoms with Gasteiger partial charge in [-0.05, 0) is 6.42 Å². The Morgan fingerprint density at radius 3 is 2.53 bits per heavy atom. The first-order valence-electron chi connectivity index (χ1n) is 10.0. The predicted octanol–water partition coefficient (Wildman–Crippen LogP) is -2.78. The summed E-state index contributed by atoms with van der Waals surface area (Å²) in [4.78, 5) is 62.2. The summed E-state index contributed by atoms with van der Waals surface area (Å²) in [5, 5.41) is 20.8. The van der Waals surface area contributed by atoms with Crippen LogP contribution in [0.2, 0.25) is 0 Å². The third kappa shape index (κ3) is 7.34. The molecule has 0 aromatic carbocycles. The van der Waals surface area contributed by atoms with Crippen molar-refractivity contribution < 1.29 is 66.4 Å². The second kappa shape index (κ2) is 11.1. The van der Waals surface area contributed by atoms with Crippen LogP contribution in [0, 0.1) is 0 Å². The summed E-state index contributed by atoms with van der Waals surface area (Å²) in [7, 11) is -17.4. The number of aliphatic hydroxyl groups is 2. The van der Waals surface area contributed by atoms with Crippen LogP contribution in [0.15, 0.2) is 6.33 Å². The largest absolute Gasteiger partial charge is 0.663 e. The average molecular weight is 577 g/mol. The molecule has 19 nitrogen and oxygen atoms in total. The molecule has 6 unspecified atom stereocenters. The highest BCUT2D eigenvalue weighted by molar-refractivity contribution is 7.67. The molecule has 2 aromatic rings. The summed E-state index contributed by atoms with van der Waals surface area (Å²) in [6, 6.07) is -0.0714. The van der Waals surface area contributed by atoms with E-state index in [1.807, 2.05) is 6.92 Å². The van der Waals surface area contributed by atoms with E-state index in [9.17, 15) is 38.9 Å². The number of nitrogens with zero attached hydrogens (tertiary/aromatic N) is 4. The van der Waals surface area contributed by atoms with E-state index < -0.39 is 55.0 Å². The topological polar surface area (TPSA) is 300 Å². The van der Waals surface area contributed by atoms with Gasteiger partial charge in [0.25, 0.3) is 0 Å². The van der Waals surface area contributed by atoms with E-state index in [2.05, 4.69) is 28.1 Å². The molecule has 1 saturated heterocycles. The molecule has 0 amide bonds. The molecule has 1 aliphatic rings. The van der Waals surface area contributed by atoms with Crippen molar-refractivity contribution >= 4 is 40.8 Å². The summed E-state index contributed by atoms with van der Waals surface area (Å²) < 4.78 is 46.7. The molecule has 22 heteroatoms. The number of aromatic nitrogens is 4. The number of unbranched alkanes of at least 4 members (excludes halogenated alkanes) is 1. The minimum absolute atomic E-state index is 0.0344. The van der Waals surface area contributed by atoms with Gasteiger partial charge >= 0.3 is 21.7 Å². The zero-order valence-corrected chi connectivity index (χ0v) is 21.0.